The molecule has 1 N–H and O–H groups in total. The summed E-state index contributed by atoms with van der Waals surface area (Å²) in [5.74, 6) is 0. The zero-order valence-corrected chi connectivity index (χ0v) is 12.7. The minimum absolute atomic E-state index is 0.0936. The van der Waals surface area contributed by atoms with Crippen LogP contribution in [-0.4, -0.2) is 13.2 Å². The van der Waals surface area contributed by atoms with E-state index in [0.29, 0.717) is 5.56 Å². The Morgan fingerprint density at radius 1 is 1.14 bits per heavy atom. The van der Waals surface area contributed by atoms with E-state index in [-0.39, 0.29) is 17.3 Å². The van der Waals surface area contributed by atoms with Crippen LogP contribution in [0, 0.1) is 0 Å². The first-order valence-electron chi connectivity index (χ1n) is 6.15. The lowest BCUT2D eigenvalue weighted by molar-refractivity contribution is -0.138. The number of rotatable bonds is 5. The summed E-state index contributed by atoms with van der Waals surface area (Å²) < 4.78 is 74.7. The van der Waals surface area contributed by atoms with E-state index in [1.165, 1.54) is 19.2 Å². The van der Waals surface area contributed by atoms with Crippen LogP contribution < -0.4 is 5.32 Å². The van der Waals surface area contributed by atoms with Crippen molar-refractivity contribution in [2.24, 2.45) is 0 Å². The van der Waals surface area contributed by atoms with Gasteiger partial charge in [-0.3, -0.25) is 0 Å². The van der Waals surface area contributed by atoms with E-state index >= 15 is 0 Å². The minimum Gasteiger partial charge on any atom is -0.313 e. The van der Waals surface area contributed by atoms with Crippen LogP contribution in [0.25, 0.3) is 0 Å². The highest BCUT2D eigenvalue weighted by Crippen LogP contribution is 2.37. The van der Waals surface area contributed by atoms with Crippen LogP contribution >= 0.6 is 15.9 Å². The maximum atomic E-state index is 12.8. The standard InChI is InChI=1S/C13H14BrF6N/c1-21-11(3-2-6-12(15,16)17)8-4-5-10(14)9(7-8)13(18,19)20/h4-5,7,11,21H,2-3,6H2,1H3. The summed E-state index contributed by atoms with van der Waals surface area (Å²) in [5.41, 5.74) is -0.522. The van der Waals surface area contributed by atoms with Crippen LogP contribution in [0.5, 0.6) is 0 Å². The lowest BCUT2D eigenvalue weighted by Gasteiger charge is -2.19. The van der Waals surface area contributed by atoms with Crippen molar-refractivity contribution >= 4 is 15.9 Å². The van der Waals surface area contributed by atoms with Crippen LogP contribution in [0.1, 0.15) is 36.4 Å². The minimum atomic E-state index is -4.51. The lowest BCUT2D eigenvalue weighted by Crippen LogP contribution is -2.18. The molecule has 0 radical (unpaired) electrons. The molecule has 0 aliphatic carbocycles. The molecule has 0 aromatic heterocycles. The SMILES string of the molecule is CNC(CCCC(F)(F)F)c1ccc(Br)c(C(F)(F)F)c1. The first-order chi connectivity index (χ1) is 9.54. The monoisotopic (exact) mass is 377 g/mol. The molecule has 1 unspecified atom stereocenters. The molecule has 1 aromatic carbocycles. The molecule has 0 heterocycles. The second-order valence-corrected chi connectivity index (χ2v) is 5.44. The molecule has 1 rings (SSSR count). The van der Waals surface area contributed by atoms with E-state index in [9.17, 15) is 26.3 Å². The number of hydrogen-bond acceptors (Lipinski definition) is 1. The fourth-order valence-electron chi connectivity index (χ4n) is 1.96. The van der Waals surface area contributed by atoms with E-state index in [0.717, 1.165) is 6.07 Å². The smallest absolute Gasteiger partial charge is 0.313 e. The third-order valence-electron chi connectivity index (χ3n) is 3.00. The number of alkyl halides is 6. The average molecular weight is 378 g/mol. The highest BCUT2D eigenvalue weighted by atomic mass is 79.9. The van der Waals surface area contributed by atoms with Gasteiger partial charge in [-0.05, 0) is 37.6 Å². The van der Waals surface area contributed by atoms with Gasteiger partial charge in [0, 0.05) is 16.9 Å². The molecular formula is C13H14BrF6N. The topological polar surface area (TPSA) is 12.0 Å². The predicted molar refractivity (Wildman–Crippen MR) is 70.9 cm³/mol. The quantitative estimate of drug-likeness (QED) is 0.671. The molecule has 0 spiro atoms. The molecule has 0 amide bonds. The maximum absolute atomic E-state index is 12.8. The summed E-state index contributed by atoms with van der Waals surface area (Å²) in [5, 5.41) is 2.75. The zero-order valence-electron chi connectivity index (χ0n) is 11.1. The second kappa shape index (κ2) is 7.00. The third kappa shape index (κ3) is 5.86. The maximum Gasteiger partial charge on any atom is 0.417 e. The van der Waals surface area contributed by atoms with Gasteiger partial charge in [-0.15, -0.1) is 0 Å². The van der Waals surface area contributed by atoms with Crippen molar-refractivity contribution in [3.63, 3.8) is 0 Å². The van der Waals surface area contributed by atoms with Crippen LogP contribution in [-0.2, 0) is 6.18 Å². The van der Waals surface area contributed by atoms with Crippen molar-refractivity contribution in [2.45, 2.75) is 37.7 Å². The van der Waals surface area contributed by atoms with Crippen molar-refractivity contribution in [1.82, 2.24) is 5.32 Å². The van der Waals surface area contributed by atoms with Crippen molar-refractivity contribution in [3.8, 4) is 0 Å². The summed E-state index contributed by atoms with van der Waals surface area (Å²) in [6.07, 6.45) is -9.76. The molecule has 0 saturated heterocycles. The van der Waals surface area contributed by atoms with Gasteiger partial charge in [0.15, 0.2) is 0 Å². The van der Waals surface area contributed by atoms with Crippen LogP contribution in [0.3, 0.4) is 0 Å². The molecule has 120 valence electrons. The van der Waals surface area contributed by atoms with Gasteiger partial charge in [0.2, 0.25) is 0 Å². The Hall–Kier alpha value is -0.760. The van der Waals surface area contributed by atoms with Crippen molar-refractivity contribution < 1.29 is 26.3 Å². The molecule has 1 aromatic rings. The molecular weight excluding hydrogens is 364 g/mol. The number of hydrogen-bond donors (Lipinski definition) is 1. The van der Waals surface area contributed by atoms with Gasteiger partial charge >= 0.3 is 12.4 Å². The molecule has 0 aliphatic rings. The highest BCUT2D eigenvalue weighted by molar-refractivity contribution is 9.10. The van der Waals surface area contributed by atoms with Gasteiger partial charge in [-0.2, -0.15) is 26.3 Å². The van der Waals surface area contributed by atoms with Crippen LogP contribution in [0.2, 0.25) is 0 Å². The molecule has 8 heteroatoms. The average Bonchev–Trinajstić information content (AvgIpc) is 2.33. The van der Waals surface area contributed by atoms with Crippen molar-refractivity contribution in [1.29, 1.82) is 0 Å². The molecule has 0 aliphatic heterocycles. The third-order valence-corrected chi connectivity index (χ3v) is 3.69. The van der Waals surface area contributed by atoms with Crippen molar-refractivity contribution in [2.75, 3.05) is 7.05 Å². The zero-order chi connectivity index (χ0) is 16.3. The van der Waals surface area contributed by atoms with E-state index < -0.39 is 30.4 Å². The fourth-order valence-corrected chi connectivity index (χ4v) is 2.43. The number of nitrogens with one attached hydrogen (secondary N) is 1. The normalized spacial score (nSPS) is 14.3. The summed E-state index contributed by atoms with van der Waals surface area (Å²) in [4.78, 5) is 0. The Labute approximate surface area is 126 Å². The largest absolute Gasteiger partial charge is 0.417 e. The predicted octanol–water partition coefficient (Wildman–Crippen LogP) is 5.46. The summed E-state index contributed by atoms with van der Waals surface area (Å²) in [6, 6.07) is 3.13. The summed E-state index contributed by atoms with van der Waals surface area (Å²) >= 11 is 2.83. The first kappa shape index (κ1) is 18.3. The Kier molecular flexibility index (Phi) is 6.10. The highest BCUT2D eigenvalue weighted by Gasteiger charge is 2.33. The second-order valence-electron chi connectivity index (χ2n) is 4.59. The first-order valence-corrected chi connectivity index (χ1v) is 6.94. The van der Waals surface area contributed by atoms with Gasteiger partial charge in [-0.1, -0.05) is 22.0 Å². The van der Waals surface area contributed by atoms with E-state index in [1.807, 2.05) is 0 Å². The van der Waals surface area contributed by atoms with Crippen LogP contribution in [0.15, 0.2) is 22.7 Å². The van der Waals surface area contributed by atoms with Gasteiger partial charge in [0.25, 0.3) is 0 Å². The van der Waals surface area contributed by atoms with Crippen LogP contribution in [0.4, 0.5) is 26.3 Å². The fraction of sp³-hybridized carbons (Fsp3) is 0.538. The molecule has 0 bridgehead atoms. The molecule has 21 heavy (non-hydrogen) atoms. The van der Waals surface area contributed by atoms with E-state index in [2.05, 4.69) is 21.2 Å². The van der Waals surface area contributed by atoms with E-state index in [4.69, 9.17) is 0 Å². The molecule has 1 nitrogen and oxygen atoms in total. The molecule has 0 saturated carbocycles. The lowest BCUT2D eigenvalue weighted by atomic mass is 9.99. The number of halogens is 7. The van der Waals surface area contributed by atoms with Crippen molar-refractivity contribution in [3.05, 3.63) is 33.8 Å². The van der Waals surface area contributed by atoms with Gasteiger partial charge in [0.05, 0.1) is 5.56 Å². The molecule has 1 atom stereocenters. The Morgan fingerprint density at radius 3 is 2.24 bits per heavy atom. The number of benzene rings is 1. The summed E-state index contributed by atoms with van der Waals surface area (Å²) in [6.45, 7) is 0. The van der Waals surface area contributed by atoms with Gasteiger partial charge < -0.3 is 5.32 Å². The summed E-state index contributed by atoms with van der Waals surface area (Å²) in [7, 11) is 1.51. The Morgan fingerprint density at radius 2 is 1.76 bits per heavy atom. The Bertz CT molecular complexity index is 469. The van der Waals surface area contributed by atoms with Gasteiger partial charge in [0.1, 0.15) is 0 Å². The molecule has 0 fully saturated rings. The van der Waals surface area contributed by atoms with E-state index in [1.54, 1.807) is 0 Å². The Balaban J connectivity index is 2.86. The van der Waals surface area contributed by atoms with Gasteiger partial charge in [-0.25, -0.2) is 0 Å².